The fourth-order valence-electron chi connectivity index (χ4n) is 3.83. The summed E-state index contributed by atoms with van der Waals surface area (Å²) >= 11 is 0. The van der Waals surface area contributed by atoms with Crippen LogP contribution in [0, 0.1) is 5.92 Å². The van der Waals surface area contributed by atoms with Gasteiger partial charge >= 0.3 is 11.9 Å². The van der Waals surface area contributed by atoms with Gasteiger partial charge in [0.15, 0.2) is 0 Å². The number of esters is 2. The number of allylic oxidation sites excluding steroid dienone is 1. The molecule has 1 rings (SSSR count). The monoisotopic (exact) mass is 478 g/mol. The highest BCUT2D eigenvalue weighted by Crippen LogP contribution is 2.32. The molecule has 8 heteroatoms. The number of hydrogen-bond acceptors (Lipinski definition) is 7. The maximum absolute atomic E-state index is 13.4. The van der Waals surface area contributed by atoms with Gasteiger partial charge in [0.25, 0.3) is 0 Å². The van der Waals surface area contributed by atoms with E-state index in [1.165, 1.54) is 6.26 Å². The van der Waals surface area contributed by atoms with E-state index in [1.54, 1.807) is 26.8 Å². The van der Waals surface area contributed by atoms with Gasteiger partial charge in [0.2, 0.25) is 5.91 Å². The zero-order valence-electron chi connectivity index (χ0n) is 21.8. The Morgan fingerprint density at radius 3 is 2.24 bits per heavy atom. The number of likely N-dealkylation sites (tertiary alicyclic amines) is 1. The standard InChI is InChI=1S/C26H42N2O6/c1-9-11-18-13-20(23(30)33-25(3,4)5)28(16-18)21(24(31)34-26(6,7)8)14-19(15-22(27)29)17-32-12-10-2/h9-11,17-18,20-21H,2,12-16H2,1,3-8H3,(H2,27,29)/t18?,20?,21-/m1/s1. The number of ether oxygens (including phenoxy) is 3. The van der Waals surface area contributed by atoms with Crippen LogP contribution in [-0.4, -0.2) is 59.2 Å². The molecule has 0 bridgehead atoms. The van der Waals surface area contributed by atoms with E-state index >= 15 is 0 Å². The second-order valence-electron chi connectivity index (χ2n) is 10.6. The smallest absolute Gasteiger partial charge is 0.324 e. The van der Waals surface area contributed by atoms with Gasteiger partial charge in [0, 0.05) is 6.54 Å². The zero-order chi connectivity index (χ0) is 26.1. The molecule has 1 saturated heterocycles. The van der Waals surface area contributed by atoms with Gasteiger partial charge in [-0.05, 0) is 72.8 Å². The average molecular weight is 479 g/mol. The van der Waals surface area contributed by atoms with Gasteiger partial charge < -0.3 is 19.9 Å². The summed E-state index contributed by atoms with van der Waals surface area (Å²) in [5.74, 6) is -1.36. The van der Waals surface area contributed by atoms with Crippen molar-refractivity contribution in [3.05, 3.63) is 36.6 Å². The van der Waals surface area contributed by atoms with Crippen LogP contribution in [-0.2, 0) is 28.6 Å². The molecule has 1 aliphatic heterocycles. The van der Waals surface area contributed by atoms with Crippen molar-refractivity contribution in [2.75, 3.05) is 13.2 Å². The molecule has 0 spiro atoms. The van der Waals surface area contributed by atoms with Crippen molar-refractivity contribution in [3.63, 3.8) is 0 Å². The van der Waals surface area contributed by atoms with E-state index in [-0.39, 0.29) is 25.4 Å². The van der Waals surface area contributed by atoms with E-state index in [0.717, 1.165) is 0 Å². The zero-order valence-corrected chi connectivity index (χ0v) is 21.8. The van der Waals surface area contributed by atoms with Gasteiger partial charge in [-0.3, -0.25) is 19.3 Å². The lowest BCUT2D eigenvalue weighted by Crippen LogP contribution is -2.50. The minimum atomic E-state index is -0.829. The Morgan fingerprint density at radius 2 is 1.74 bits per heavy atom. The first-order chi connectivity index (χ1) is 15.7. The van der Waals surface area contributed by atoms with Gasteiger partial charge in [-0.15, -0.1) is 0 Å². The third-order valence-electron chi connectivity index (χ3n) is 4.92. The SMILES string of the molecule is C=CCOC=C(CC(N)=O)C[C@H](C(=O)OC(C)(C)C)N1CC(C=CC)CC1C(=O)OC(C)(C)C. The predicted octanol–water partition coefficient (Wildman–Crippen LogP) is 3.66. The molecule has 0 aromatic rings. The summed E-state index contributed by atoms with van der Waals surface area (Å²) in [5.41, 5.74) is 4.57. The molecule has 1 amide bonds. The van der Waals surface area contributed by atoms with Gasteiger partial charge in [-0.2, -0.15) is 0 Å². The highest BCUT2D eigenvalue weighted by atomic mass is 16.6. The summed E-state index contributed by atoms with van der Waals surface area (Å²) in [7, 11) is 0. The molecule has 192 valence electrons. The molecule has 1 aliphatic rings. The van der Waals surface area contributed by atoms with Crippen LogP contribution in [0.1, 0.15) is 67.7 Å². The molecule has 3 atom stereocenters. The van der Waals surface area contributed by atoms with Gasteiger partial charge in [-0.25, -0.2) is 0 Å². The number of hydrogen-bond donors (Lipinski definition) is 1. The number of rotatable bonds is 11. The van der Waals surface area contributed by atoms with Crippen LogP contribution in [0.5, 0.6) is 0 Å². The van der Waals surface area contributed by atoms with Crippen molar-refractivity contribution in [2.45, 2.75) is 91.0 Å². The van der Waals surface area contributed by atoms with Gasteiger partial charge in [0.05, 0.1) is 12.7 Å². The molecule has 8 nitrogen and oxygen atoms in total. The summed E-state index contributed by atoms with van der Waals surface area (Å²) in [5, 5.41) is 0. The van der Waals surface area contributed by atoms with Crippen molar-refractivity contribution in [2.24, 2.45) is 11.7 Å². The van der Waals surface area contributed by atoms with Gasteiger partial charge in [0.1, 0.15) is 29.9 Å². The quantitative estimate of drug-likeness (QED) is 0.209. The number of primary amides is 1. The number of nitrogens with two attached hydrogens (primary N) is 1. The second-order valence-corrected chi connectivity index (χ2v) is 10.6. The molecule has 2 unspecified atom stereocenters. The van der Waals surface area contributed by atoms with Crippen LogP contribution in [0.4, 0.5) is 0 Å². The minimum absolute atomic E-state index is 0.0630. The Kier molecular flexibility index (Phi) is 11.0. The van der Waals surface area contributed by atoms with Crippen LogP contribution in [0.25, 0.3) is 0 Å². The Labute approximate surface area is 204 Å². The third kappa shape index (κ3) is 10.5. The van der Waals surface area contributed by atoms with E-state index in [2.05, 4.69) is 6.58 Å². The van der Waals surface area contributed by atoms with Crippen molar-refractivity contribution in [1.29, 1.82) is 0 Å². The summed E-state index contributed by atoms with van der Waals surface area (Å²) in [6, 6.07) is -1.47. The second kappa shape index (κ2) is 12.7. The highest BCUT2D eigenvalue weighted by molar-refractivity contribution is 5.81. The molecule has 2 N–H and O–H groups in total. The van der Waals surface area contributed by atoms with E-state index in [4.69, 9.17) is 19.9 Å². The number of carbonyl (C=O) groups excluding carboxylic acids is 3. The molecule has 0 aromatic heterocycles. The van der Waals surface area contributed by atoms with Crippen LogP contribution in [0.2, 0.25) is 0 Å². The fraction of sp³-hybridized carbons (Fsp3) is 0.654. The molecule has 1 fully saturated rings. The van der Waals surface area contributed by atoms with Crippen LogP contribution >= 0.6 is 0 Å². The fourth-order valence-corrected chi connectivity index (χ4v) is 3.83. The lowest BCUT2D eigenvalue weighted by molar-refractivity contribution is -0.167. The number of nitrogens with zero attached hydrogens (tertiary/aromatic N) is 1. The van der Waals surface area contributed by atoms with E-state index in [9.17, 15) is 14.4 Å². The van der Waals surface area contributed by atoms with Crippen LogP contribution in [0.3, 0.4) is 0 Å². The van der Waals surface area contributed by atoms with Crippen molar-refractivity contribution in [3.8, 4) is 0 Å². The highest BCUT2D eigenvalue weighted by Gasteiger charge is 2.45. The largest absolute Gasteiger partial charge is 0.497 e. The maximum atomic E-state index is 13.4. The first kappa shape index (κ1) is 29.4. The summed E-state index contributed by atoms with van der Waals surface area (Å²) in [4.78, 5) is 40.1. The van der Waals surface area contributed by atoms with E-state index in [1.807, 2.05) is 44.7 Å². The lowest BCUT2D eigenvalue weighted by Gasteiger charge is -2.34. The Bertz CT molecular complexity index is 788. The molecular weight excluding hydrogens is 436 g/mol. The van der Waals surface area contributed by atoms with Gasteiger partial charge in [-0.1, -0.05) is 24.8 Å². The van der Waals surface area contributed by atoms with Crippen LogP contribution < -0.4 is 5.73 Å². The molecule has 0 aliphatic carbocycles. The molecule has 0 radical (unpaired) electrons. The van der Waals surface area contributed by atoms with Crippen molar-refractivity contribution < 1.29 is 28.6 Å². The molecule has 0 saturated carbocycles. The predicted molar refractivity (Wildman–Crippen MR) is 132 cm³/mol. The van der Waals surface area contributed by atoms with Crippen molar-refractivity contribution in [1.82, 2.24) is 4.90 Å². The van der Waals surface area contributed by atoms with E-state index in [0.29, 0.717) is 18.5 Å². The Hall–Kier alpha value is -2.61. The minimum Gasteiger partial charge on any atom is -0.497 e. The lowest BCUT2D eigenvalue weighted by atomic mass is 10.0. The first-order valence-corrected chi connectivity index (χ1v) is 11.7. The molecular formula is C26H42N2O6. The Morgan fingerprint density at radius 1 is 1.12 bits per heavy atom. The van der Waals surface area contributed by atoms with E-state index < -0.39 is 41.1 Å². The van der Waals surface area contributed by atoms with Crippen LogP contribution in [0.15, 0.2) is 36.6 Å². The van der Waals surface area contributed by atoms with Crippen molar-refractivity contribution >= 4 is 17.8 Å². The average Bonchev–Trinajstić information content (AvgIpc) is 3.06. The normalized spacial score (nSPS) is 20.7. The molecule has 1 heterocycles. The Balaban J connectivity index is 3.40. The topological polar surface area (TPSA) is 108 Å². The molecule has 34 heavy (non-hydrogen) atoms. The summed E-state index contributed by atoms with van der Waals surface area (Å²) in [6.45, 7) is 17.0. The maximum Gasteiger partial charge on any atom is 0.324 e. The third-order valence-corrected chi connectivity index (χ3v) is 4.92. The first-order valence-electron chi connectivity index (χ1n) is 11.7. The summed E-state index contributed by atoms with van der Waals surface area (Å²) in [6.07, 6.45) is 7.52. The summed E-state index contributed by atoms with van der Waals surface area (Å²) < 4.78 is 16.8. The number of carbonyl (C=O) groups is 3. The molecule has 0 aromatic carbocycles. The number of amides is 1.